The molecule has 0 spiro atoms. The van der Waals surface area contributed by atoms with E-state index >= 15 is 0 Å². The van der Waals surface area contributed by atoms with Crippen LogP contribution in [0.25, 0.3) is 0 Å². The molecule has 0 amide bonds. The number of benzene rings is 2. The van der Waals surface area contributed by atoms with E-state index < -0.39 is 10.0 Å². The topological polar surface area (TPSA) is 72.2 Å². The van der Waals surface area contributed by atoms with Gasteiger partial charge in [-0.1, -0.05) is 39.7 Å². The second-order valence-electron chi connectivity index (χ2n) is 4.23. The highest BCUT2D eigenvalue weighted by Crippen LogP contribution is 2.27. The fraction of sp³-hybridized carbons (Fsp3) is 0.0769. The van der Waals surface area contributed by atoms with Crippen LogP contribution in [-0.2, 0) is 15.8 Å². The maximum absolute atomic E-state index is 12.1. The number of nitrogens with two attached hydrogens (primary N) is 1. The number of nitrogen functional groups attached to an aromatic ring is 1. The molecule has 0 atom stereocenters. The monoisotopic (exact) mass is 374 g/mol. The van der Waals surface area contributed by atoms with Gasteiger partial charge in [0.1, 0.15) is 0 Å². The Hall–Kier alpha value is -1.24. The molecule has 0 aromatic heterocycles. The van der Waals surface area contributed by atoms with Crippen molar-refractivity contribution in [1.29, 1.82) is 0 Å². The van der Waals surface area contributed by atoms with Crippen LogP contribution in [0.4, 0.5) is 11.4 Å². The number of rotatable bonds is 4. The minimum Gasteiger partial charge on any atom is -0.399 e. The molecule has 20 heavy (non-hydrogen) atoms. The molecule has 0 aliphatic heterocycles. The quantitative estimate of drug-likeness (QED) is 0.802. The third kappa shape index (κ3) is 4.13. The molecule has 0 saturated carbocycles. The third-order valence-electron chi connectivity index (χ3n) is 2.53. The Morgan fingerprint density at radius 1 is 1.15 bits per heavy atom. The first-order valence-corrected chi connectivity index (χ1v) is 8.48. The van der Waals surface area contributed by atoms with E-state index in [4.69, 9.17) is 17.3 Å². The van der Waals surface area contributed by atoms with Crippen molar-refractivity contribution in [1.82, 2.24) is 0 Å². The number of anilines is 2. The Labute approximate surface area is 131 Å². The second kappa shape index (κ2) is 6.03. The van der Waals surface area contributed by atoms with Gasteiger partial charge in [0, 0.05) is 10.2 Å². The van der Waals surface area contributed by atoms with E-state index in [-0.39, 0.29) is 5.75 Å². The van der Waals surface area contributed by atoms with Crippen LogP contribution in [0, 0.1) is 0 Å². The molecule has 2 aromatic rings. The van der Waals surface area contributed by atoms with Crippen LogP contribution in [0.2, 0.25) is 5.02 Å². The fourth-order valence-electron chi connectivity index (χ4n) is 1.61. The van der Waals surface area contributed by atoms with Crippen LogP contribution in [0.5, 0.6) is 0 Å². The van der Waals surface area contributed by atoms with Gasteiger partial charge < -0.3 is 5.73 Å². The summed E-state index contributed by atoms with van der Waals surface area (Å²) in [6.45, 7) is 0. The molecule has 0 aliphatic rings. The van der Waals surface area contributed by atoms with Crippen molar-refractivity contribution in [3.05, 3.63) is 57.5 Å². The van der Waals surface area contributed by atoms with Crippen LogP contribution < -0.4 is 10.5 Å². The first-order chi connectivity index (χ1) is 9.35. The normalized spacial score (nSPS) is 11.3. The largest absolute Gasteiger partial charge is 0.399 e. The predicted molar refractivity (Wildman–Crippen MR) is 86.3 cm³/mol. The first-order valence-electron chi connectivity index (χ1n) is 5.66. The zero-order valence-electron chi connectivity index (χ0n) is 10.3. The fourth-order valence-corrected chi connectivity index (χ4v) is 3.40. The molecule has 106 valence electrons. The Bertz CT molecular complexity index is 718. The van der Waals surface area contributed by atoms with Crippen molar-refractivity contribution >= 4 is 48.9 Å². The van der Waals surface area contributed by atoms with Gasteiger partial charge in [0.05, 0.1) is 16.5 Å². The van der Waals surface area contributed by atoms with Crippen molar-refractivity contribution in [2.75, 3.05) is 10.5 Å². The molecule has 2 rings (SSSR count). The minimum atomic E-state index is -3.54. The summed E-state index contributed by atoms with van der Waals surface area (Å²) in [4.78, 5) is 0. The molecular weight excluding hydrogens is 364 g/mol. The van der Waals surface area contributed by atoms with Gasteiger partial charge in [-0.2, -0.15) is 0 Å². The molecule has 0 radical (unpaired) electrons. The SMILES string of the molecule is Nc1ccc(CS(=O)(=O)Nc2cc(Br)ccc2Cl)cc1. The molecule has 7 heteroatoms. The molecule has 0 heterocycles. The molecular formula is C13H12BrClN2O2S. The van der Waals surface area contributed by atoms with Gasteiger partial charge in [0.25, 0.3) is 0 Å². The summed E-state index contributed by atoms with van der Waals surface area (Å²) in [6, 6.07) is 11.7. The lowest BCUT2D eigenvalue weighted by Crippen LogP contribution is -2.15. The van der Waals surface area contributed by atoms with Gasteiger partial charge in [-0.25, -0.2) is 8.42 Å². The number of hydrogen-bond acceptors (Lipinski definition) is 3. The highest BCUT2D eigenvalue weighted by atomic mass is 79.9. The van der Waals surface area contributed by atoms with Crippen molar-refractivity contribution in [3.8, 4) is 0 Å². The van der Waals surface area contributed by atoms with E-state index in [1.165, 1.54) is 0 Å². The summed E-state index contributed by atoms with van der Waals surface area (Å²) >= 11 is 9.23. The Morgan fingerprint density at radius 3 is 2.45 bits per heavy atom. The average molecular weight is 376 g/mol. The lowest BCUT2D eigenvalue weighted by molar-refractivity contribution is 0.600. The highest BCUT2D eigenvalue weighted by Gasteiger charge is 2.14. The van der Waals surface area contributed by atoms with Crippen molar-refractivity contribution in [2.24, 2.45) is 0 Å². The summed E-state index contributed by atoms with van der Waals surface area (Å²) < 4.78 is 27.4. The van der Waals surface area contributed by atoms with E-state index in [0.717, 1.165) is 4.47 Å². The van der Waals surface area contributed by atoms with Crippen molar-refractivity contribution in [2.45, 2.75) is 5.75 Å². The van der Waals surface area contributed by atoms with Gasteiger partial charge in [-0.15, -0.1) is 0 Å². The average Bonchev–Trinajstić information content (AvgIpc) is 2.36. The summed E-state index contributed by atoms with van der Waals surface area (Å²) in [5.74, 6) is -0.143. The standard InChI is InChI=1S/C13H12BrClN2O2S/c14-10-3-6-12(15)13(7-10)17-20(18,19)8-9-1-4-11(16)5-2-9/h1-7,17H,8,16H2. The minimum absolute atomic E-state index is 0.143. The van der Waals surface area contributed by atoms with E-state index in [2.05, 4.69) is 20.7 Å². The Morgan fingerprint density at radius 2 is 1.80 bits per heavy atom. The first kappa shape index (κ1) is 15.2. The highest BCUT2D eigenvalue weighted by molar-refractivity contribution is 9.10. The number of nitrogens with one attached hydrogen (secondary N) is 1. The van der Waals surface area contributed by atoms with Gasteiger partial charge >= 0.3 is 0 Å². The lowest BCUT2D eigenvalue weighted by atomic mass is 10.2. The Kier molecular flexibility index (Phi) is 4.57. The number of hydrogen-bond donors (Lipinski definition) is 2. The van der Waals surface area contributed by atoms with Crippen LogP contribution in [0.15, 0.2) is 46.9 Å². The summed E-state index contributed by atoms with van der Waals surface area (Å²) in [6.07, 6.45) is 0. The summed E-state index contributed by atoms with van der Waals surface area (Å²) in [5, 5.41) is 0.342. The van der Waals surface area contributed by atoms with E-state index in [0.29, 0.717) is 22.0 Å². The predicted octanol–water partition coefficient (Wildman–Crippen LogP) is 3.63. The lowest BCUT2D eigenvalue weighted by Gasteiger charge is -2.10. The summed E-state index contributed by atoms with van der Waals surface area (Å²) in [7, 11) is -3.54. The molecule has 3 N–H and O–H groups in total. The smallest absolute Gasteiger partial charge is 0.236 e. The summed E-state index contributed by atoms with van der Waals surface area (Å²) in [5.41, 5.74) is 7.15. The van der Waals surface area contributed by atoms with E-state index in [9.17, 15) is 8.42 Å². The van der Waals surface area contributed by atoms with Gasteiger partial charge in [-0.05, 0) is 35.9 Å². The zero-order chi connectivity index (χ0) is 14.8. The van der Waals surface area contributed by atoms with Crippen molar-refractivity contribution in [3.63, 3.8) is 0 Å². The van der Waals surface area contributed by atoms with Gasteiger partial charge in [0.2, 0.25) is 10.0 Å². The van der Waals surface area contributed by atoms with Crippen LogP contribution in [-0.4, -0.2) is 8.42 Å². The van der Waals surface area contributed by atoms with Gasteiger partial charge in [-0.3, -0.25) is 4.72 Å². The second-order valence-corrected chi connectivity index (χ2v) is 7.27. The third-order valence-corrected chi connectivity index (χ3v) is 4.60. The number of halogens is 2. The van der Waals surface area contributed by atoms with Crippen LogP contribution >= 0.6 is 27.5 Å². The van der Waals surface area contributed by atoms with E-state index in [1.807, 2.05) is 0 Å². The zero-order valence-corrected chi connectivity index (χ0v) is 13.5. The van der Waals surface area contributed by atoms with Crippen molar-refractivity contribution < 1.29 is 8.42 Å². The molecule has 0 aliphatic carbocycles. The van der Waals surface area contributed by atoms with Crippen LogP contribution in [0.3, 0.4) is 0 Å². The molecule has 4 nitrogen and oxygen atoms in total. The van der Waals surface area contributed by atoms with Gasteiger partial charge in [0.15, 0.2) is 0 Å². The molecule has 2 aromatic carbocycles. The van der Waals surface area contributed by atoms with Crippen LogP contribution in [0.1, 0.15) is 5.56 Å². The molecule has 0 fully saturated rings. The number of sulfonamides is 1. The molecule has 0 unspecified atom stereocenters. The maximum Gasteiger partial charge on any atom is 0.236 e. The Balaban J connectivity index is 2.19. The molecule has 0 bridgehead atoms. The van der Waals surface area contributed by atoms with E-state index in [1.54, 1.807) is 42.5 Å². The molecule has 0 saturated heterocycles. The maximum atomic E-state index is 12.1.